The van der Waals surface area contributed by atoms with Crippen molar-refractivity contribution in [1.82, 2.24) is 15.3 Å². The third-order valence-corrected chi connectivity index (χ3v) is 3.30. The van der Waals surface area contributed by atoms with E-state index in [2.05, 4.69) is 27.6 Å². The summed E-state index contributed by atoms with van der Waals surface area (Å²) in [5.74, 6) is 0. The van der Waals surface area contributed by atoms with Gasteiger partial charge in [0.15, 0.2) is 0 Å². The standard InChI is InChI=1S/C9H11N3S2/c1-2-10-8(7-5-13-6-12-7)9-11-3-4-14-9/h3-6,8,10H,2H2,1H3. The molecule has 14 heavy (non-hydrogen) atoms. The zero-order chi connectivity index (χ0) is 9.80. The Labute approximate surface area is 90.9 Å². The largest absolute Gasteiger partial charge is 0.303 e. The van der Waals surface area contributed by atoms with Crippen LogP contribution in [0.25, 0.3) is 0 Å². The van der Waals surface area contributed by atoms with Gasteiger partial charge >= 0.3 is 0 Å². The first-order chi connectivity index (χ1) is 6.92. The summed E-state index contributed by atoms with van der Waals surface area (Å²) in [6.07, 6.45) is 1.83. The van der Waals surface area contributed by atoms with Crippen LogP contribution in [0.5, 0.6) is 0 Å². The fraction of sp³-hybridized carbons (Fsp3) is 0.333. The van der Waals surface area contributed by atoms with Crippen molar-refractivity contribution in [3.63, 3.8) is 0 Å². The molecule has 1 unspecified atom stereocenters. The van der Waals surface area contributed by atoms with E-state index >= 15 is 0 Å². The van der Waals surface area contributed by atoms with Crippen molar-refractivity contribution in [1.29, 1.82) is 0 Å². The Morgan fingerprint density at radius 2 is 2.43 bits per heavy atom. The lowest BCUT2D eigenvalue weighted by Gasteiger charge is -2.12. The monoisotopic (exact) mass is 225 g/mol. The fourth-order valence-electron chi connectivity index (χ4n) is 1.26. The molecule has 2 aromatic heterocycles. The summed E-state index contributed by atoms with van der Waals surface area (Å²) < 4.78 is 0. The van der Waals surface area contributed by atoms with Crippen molar-refractivity contribution in [2.45, 2.75) is 13.0 Å². The molecule has 0 aliphatic carbocycles. The molecule has 1 atom stereocenters. The third kappa shape index (κ3) is 2.00. The molecule has 0 radical (unpaired) electrons. The highest BCUT2D eigenvalue weighted by molar-refractivity contribution is 7.09. The molecule has 0 saturated carbocycles. The Balaban J connectivity index is 2.25. The van der Waals surface area contributed by atoms with E-state index in [1.54, 1.807) is 22.7 Å². The van der Waals surface area contributed by atoms with Crippen LogP contribution in [0.4, 0.5) is 0 Å². The van der Waals surface area contributed by atoms with Crippen molar-refractivity contribution in [3.8, 4) is 0 Å². The Bertz CT molecular complexity index is 321. The first-order valence-electron chi connectivity index (χ1n) is 4.42. The maximum atomic E-state index is 4.31. The predicted octanol–water partition coefficient (Wildman–Crippen LogP) is 2.30. The highest BCUT2D eigenvalue weighted by Crippen LogP contribution is 2.23. The summed E-state index contributed by atoms with van der Waals surface area (Å²) in [5, 5.41) is 8.52. The number of thiazole rings is 2. The first-order valence-corrected chi connectivity index (χ1v) is 6.25. The highest BCUT2D eigenvalue weighted by Gasteiger charge is 2.16. The Kier molecular flexibility index (Phi) is 3.23. The molecule has 2 heterocycles. The van der Waals surface area contributed by atoms with Gasteiger partial charge in [0.2, 0.25) is 0 Å². The third-order valence-electron chi connectivity index (χ3n) is 1.85. The van der Waals surface area contributed by atoms with E-state index in [1.165, 1.54) is 0 Å². The van der Waals surface area contributed by atoms with Crippen molar-refractivity contribution in [3.05, 3.63) is 33.2 Å². The Morgan fingerprint density at radius 3 is 3.00 bits per heavy atom. The van der Waals surface area contributed by atoms with Crippen molar-refractivity contribution < 1.29 is 0 Å². The summed E-state index contributed by atoms with van der Waals surface area (Å²) in [5.41, 5.74) is 2.92. The van der Waals surface area contributed by atoms with Gasteiger partial charge in [-0.1, -0.05) is 6.92 Å². The summed E-state index contributed by atoms with van der Waals surface area (Å²) in [4.78, 5) is 8.63. The zero-order valence-corrected chi connectivity index (χ0v) is 9.44. The van der Waals surface area contributed by atoms with E-state index in [0.717, 1.165) is 17.2 Å². The second-order valence-corrected chi connectivity index (χ2v) is 4.42. The van der Waals surface area contributed by atoms with E-state index in [1.807, 2.05) is 17.1 Å². The van der Waals surface area contributed by atoms with Gasteiger partial charge in [-0.3, -0.25) is 0 Å². The fourth-order valence-corrected chi connectivity index (χ4v) is 2.57. The van der Waals surface area contributed by atoms with Crippen LogP contribution in [0.3, 0.4) is 0 Å². The molecule has 0 aromatic carbocycles. The number of rotatable bonds is 4. The predicted molar refractivity (Wildman–Crippen MR) is 59.7 cm³/mol. The van der Waals surface area contributed by atoms with Gasteiger partial charge in [-0.2, -0.15) is 0 Å². The molecule has 3 nitrogen and oxygen atoms in total. The van der Waals surface area contributed by atoms with E-state index in [-0.39, 0.29) is 6.04 Å². The molecule has 0 amide bonds. The van der Waals surface area contributed by atoms with Gasteiger partial charge in [0.1, 0.15) is 11.0 Å². The molecule has 2 aromatic rings. The lowest BCUT2D eigenvalue weighted by Crippen LogP contribution is -2.21. The van der Waals surface area contributed by atoms with Gasteiger partial charge in [-0.05, 0) is 6.54 Å². The van der Waals surface area contributed by atoms with Gasteiger partial charge in [0, 0.05) is 17.0 Å². The molecule has 5 heteroatoms. The molecule has 0 aliphatic rings. The Morgan fingerprint density at radius 1 is 1.50 bits per heavy atom. The van der Waals surface area contributed by atoms with E-state index < -0.39 is 0 Å². The lowest BCUT2D eigenvalue weighted by atomic mass is 10.2. The smallest absolute Gasteiger partial charge is 0.116 e. The van der Waals surface area contributed by atoms with Gasteiger partial charge in [-0.15, -0.1) is 22.7 Å². The summed E-state index contributed by atoms with van der Waals surface area (Å²) in [7, 11) is 0. The lowest BCUT2D eigenvalue weighted by molar-refractivity contribution is 0.615. The second kappa shape index (κ2) is 4.63. The van der Waals surface area contributed by atoms with Gasteiger partial charge in [0.25, 0.3) is 0 Å². The summed E-state index contributed by atoms with van der Waals surface area (Å²) in [6, 6.07) is 0.159. The quantitative estimate of drug-likeness (QED) is 0.867. The van der Waals surface area contributed by atoms with E-state index in [4.69, 9.17) is 0 Å². The first kappa shape index (κ1) is 9.76. The van der Waals surface area contributed by atoms with Crippen LogP contribution in [0.2, 0.25) is 0 Å². The average molecular weight is 225 g/mol. The minimum absolute atomic E-state index is 0.159. The molecule has 0 bridgehead atoms. The van der Waals surface area contributed by atoms with Crippen LogP contribution in [0, 0.1) is 0 Å². The molecule has 0 fully saturated rings. The average Bonchev–Trinajstić information content (AvgIpc) is 2.87. The van der Waals surface area contributed by atoms with Gasteiger partial charge < -0.3 is 5.32 Å². The number of nitrogens with zero attached hydrogens (tertiary/aromatic N) is 2. The van der Waals surface area contributed by atoms with Crippen molar-refractivity contribution in [2.75, 3.05) is 6.54 Å². The summed E-state index contributed by atoms with van der Waals surface area (Å²) >= 11 is 3.28. The number of aromatic nitrogens is 2. The molecule has 0 spiro atoms. The minimum Gasteiger partial charge on any atom is -0.303 e. The van der Waals surface area contributed by atoms with Crippen LogP contribution in [0.15, 0.2) is 22.5 Å². The van der Waals surface area contributed by atoms with Crippen LogP contribution in [0.1, 0.15) is 23.7 Å². The SMILES string of the molecule is CCNC(c1cscn1)c1nccs1. The summed E-state index contributed by atoms with van der Waals surface area (Å²) in [6.45, 7) is 3.01. The van der Waals surface area contributed by atoms with Crippen LogP contribution in [-0.4, -0.2) is 16.5 Å². The topological polar surface area (TPSA) is 37.8 Å². The molecule has 2 rings (SSSR count). The normalized spacial score (nSPS) is 12.9. The molecule has 74 valence electrons. The Hall–Kier alpha value is -0.780. The van der Waals surface area contributed by atoms with Gasteiger partial charge in [-0.25, -0.2) is 9.97 Å². The maximum absolute atomic E-state index is 4.31. The van der Waals surface area contributed by atoms with Crippen molar-refractivity contribution in [2.24, 2.45) is 0 Å². The van der Waals surface area contributed by atoms with E-state index in [9.17, 15) is 0 Å². The maximum Gasteiger partial charge on any atom is 0.116 e. The molecule has 0 saturated heterocycles. The zero-order valence-electron chi connectivity index (χ0n) is 7.80. The highest BCUT2D eigenvalue weighted by atomic mass is 32.1. The van der Waals surface area contributed by atoms with Gasteiger partial charge in [0.05, 0.1) is 11.2 Å². The van der Waals surface area contributed by atoms with E-state index in [0.29, 0.717) is 0 Å². The van der Waals surface area contributed by atoms with Crippen LogP contribution < -0.4 is 5.32 Å². The minimum atomic E-state index is 0.159. The number of nitrogens with one attached hydrogen (secondary N) is 1. The van der Waals surface area contributed by atoms with Crippen LogP contribution >= 0.6 is 22.7 Å². The number of hydrogen-bond acceptors (Lipinski definition) is 5. The molecular weight excluding hydrogens is 214 g/mol. The number of hydrogen-bond donors (Lipinski definition) is 1. The molecule has 0 aliphatic heterocycles. The molecule has 1 N–H and O–H groups in total. The van der Waals surface area contributed by atoms with Crippen LogP contribution in [-0.2, 0) is 0 Å². The van der Waals surface area contributed by atoms with Crippen molar-refractivity contribution >= 4 is 22.7 Å². The second-order valence-electron chi connectivity index (χ2n) is 2.77. The molecular formula is C9H11N3S2.